The molecule has 1 unspecified atom stereocenters. The minimum Gasteiger partial charge on any atom is -0.454 e. The smallest absolute Gasteiger partial charge is 0.333 e. The van der Waals surface area contributed by atoms with E-state index in [0.29, 0.717) is 0 Å². The average Bonchev–Trinajstić information content (AvgIpc) is 2.25. The molecule has 0 aromatic rings. The molecule has 0 spiro atoms. The third-order valence-electron chi connectivity index (χ3n) is 1.90. The van der Waals surface area contributed by atoms with E-state index in [4.69, 9.17) is 9.47 Å². The Hall–Kier alpha value is -1.20. The van der Waals surface area contributed by atoms with Crippen LogP contribution in [0.1, 0.15) is 20.8 Å². The van der Waals surface area contributed by atoms with Crippen LogP contribution in [0.3, 0.4) is 0 Å². The van der Waals surface area contributed by atoms with Gasteiger partial charge in [0.05, 0.1) is 0 Å². The van der Waals surface area contributed by atoms with Crippen LogP contribution in [0.15, 0.2) is 12.2 Å². The van der Waals surface area contributed by atoms with Crippen molar-refractivity contribution in [3.05, 3.63) is 12.2 Å². The van der Waals surface area contributed by atoms with E-state index >= 15 is 0 Å². The third-order valence-corrected chi connectivity index (χ3v) is 1.90. The van der Waals surface area contributed by atoms with Gasteiger partial charge in [0.25, 0.3) is 0 Å². The summed E-state index contributed by atoms with van der Waals surface area (Å²) >= 11 is 0. The maximum Gasteiger partial charge on any atom is 0.333 e. The molecule has 0 radical (unpaired) electrons. The minimum atomic E-state index is -0.578. The zero-order valence-corrected chi connectivity index (χ0v) is 10.8. The molecule has 5 heteroatoms. The molecule has 1 atom stereocenters. The molecule has 5 nitrogen and oxygen atoms in total. The summed E-state index contributed by atoms with van der Waals surface area (Å²) in [4.78, 5) is 22.3. The molecule has 0 bridgehead atoms. The zero-order chi connectivity index (χ0) is 13.4. The molecular formula is C12H20O5. The van der Waals surface area contributed by atoms with Crippen LogP contribution in [-0.4, -0.2) is 38.4 Å². The number of hydrogen-bond donors (Lipinski definition) is 0. The highest BCUT2D eigenvalue weighted by Crippen LogP contribution is 2.06. The van der Waals surface area contributed by atoms with Crippen molar-refractivity contribution in [1.29, 1.82) is 0 Å². The van der Waals surface area contributed by atoms with E-state index in [1.54, 1.807) is 0 Å². The van der Waals surface area contributed by atoms with Crippen molar-refractivity contribution < 1.29 is 23.8 Å². The number of Topliss-reactive ketones (excluding diaryl/α,β-unsaturated/α-hetero) is 1. The molecule has 0 rings (SSSR count). The van der Waals surface area contributed by atoms with Gasteiger partial charge in [-0.25, -0.2) is 4.79 Å². The summed E-state index contributed by atoms with van der Waals surface area (Å²) in [7, 11) is 1.51. The van der Waals surface area contributed by atoms with E-state index in [1.807, 2.05) is 13.8 Å². The molecule has 0 heterocycles. The lowest BCUT2D eigenvalue weighted by atomic mass is 10.2. The normalized spacial score (nSPS) is 12.3. The summed E-state index contributed by atoms with van der Waals surface area (Å²) in [6.07, 6.45) is -0.434. The van der Waals surface area contributed by atoms with Gasteiger partial charge < -0.3 is 14.2 Å². The number of rotatable bonds is 8. The summed E-state index contributed by atoms with van der Waals surface area (Å²) < 4.78 is 14.9. The van der Waals surface area contributed by atoms with E-state index in [0.717, 1.165) is 0 Å². The van der Waals surface area contributed by atoms with Gasteiger partial charge in [-0.3, -0.25) is 4.79 Å². The summed E-state index contributed by atoms with van der Waals surface area (Å²) in [6.45, 7) is 8.31. The van der Waals surface area contributed by atoms with E-state index in [1.165, 1.54) is 14.0 Å². The lowest BCUT2D eigenvalue weighted by molar-refractivity contribution is -0.164. The Morgan fingerprint density at radius 3 is 2.24 bits per heavy atom. The van der Waals surface area contributed by atoms with E-state index < -0.39 is 12.3 Å². The fourth-order valence-corrected chi connectivity index (χ4v) is 1.02. The highest BCUT2D eigenvalue weighted by molar-refractivity contribution is 5.90. The number of ether oxygens (including phenoxy) is 3. The molecule has 0 aromatic heterocycles. The van der Waals surface area contributed by atoms with Crippen molar-refractivity contribution in [2.75, 3.05) is 20.3 Å². The molecule has 0 N–H and O–H groups in total. The van der Waals surface area contributed by atoms with Crippen LogP contribution < -0.4 is 0 Å². The molecular weight excluding hydrogens is 224 g/mol. The van der Waals surface area contributed by atoms with Gasteiger partial charge in [-0.15, -0.1) is 0 Å². The molecule has 98 valence electrons. The van der Waals surface area contributed by atoms with Crippen molar-refractivity contribution in [1.82, 2.24) is 0 Å². The lowest BCUT2D eigenvalue weighted by Crippen LogP contribution is -2.27. The molecule has 0 aliphatic rings. The number of methoxy groups -OCH3 is 1. The largest absolute Gasteiger partial charge is 0.454 e. The molecule has 0 fully saturated rings. The Morgan fingerprint density at radius 1 is 1.24 bits per heavy atom. The van der Waals surface area contributed by atoms with Crippen LogP contribution in [0.25, 0.3) is 0 Å². The Balaban J connectivity index is 3.87. The summed E-state index contributed by atoms with van der Waals surface area (Å²) in [5.41, 5.74) is 0.260. The minimum absolute atomic E-state index is 0.139. The first-order valence-corrected chi connectivity index (χ1v) is 5.37. The Labute approximate surface area is 102 Å². The standard InChI is InChI=1S/C12H20O5/c1-8(2)11(14)16-6-10(13)7-17-12(15-5)9(3)4/h9,12H,1,6-7H2,2-5H3. The Bertz CT molecular complexity index is 283. The molecule has 0 saturated carbocycles. The zero-order valence-electron chi connectivity index (χ0n) is 10.8. The maximum absolute atomic E-state index is 11.3. The predicted molar refractivity (Wildman–Crippen MR) is 62.4 cm³/mol. The van der Waals surface area contributed by atoms with E-state index in [2.05, 4.69) is 11.3 Å². The molecule has 17 heavy (non-hydrogen) atoms. The highest BCUT2D eigenvalue weighted by Gasteiger charge is 2.15. The molecule has 0 aliphatic heterocycles. The first-order valence-electron chi connectivity index (χ1n) is 5.37. The average molecular weight is 244 g/mol. The van der Waals surface area contributed by atoms with Gasteiger partial charge in [0.2, 0.25) is 0 Å². The third kappa shape index (κ3) is 6.86. The van der Waals surface area contributed by atoms with Crippen LogP contribution in [0.4, 0.5) is 0 Å². The first-order chi connectivity index (χ1) is 7.88. The predicted octanol–water partition coefficient (Wildman–Crippen LogP) is 1.32. The number of hydrogen-bond acceptors (Lipinski definition) is 5. The number of esters is 1. The lowest BCUT2D eigenvalue weighted by Gasteiger charge is -2.19. The van der Waals surface area contributed by atoms with Gasteiger partial charge in [0, 0.05) is 18.6 Å². The number of carbonyl (C=O) groups excluding carboxylic acids is 2. The highest BCUT2D eigenvalue weighted by atomic mass is 16.7. The van der Waals surface area contributed by atoms with Crippen LogP contribution in [0.2, 0.25) is 0 Å². The quantitative estimate of drug-likeness (QED) is 0.366. The van der Waals surface area contributed by atoms with Gasteiger partial charge >= 0.3 is 5.97 Å². The van der Waals surface area contributed by atoms with E-state index in [-0.39, 0.29) is 30.5 Å². The van der Waals surface area contributed by atoms with Gasteiger partial charge in [-0.1, -0.05) is 20.4 Å². The number of carbonyl (C=O) groups is 2. The molecule has 0 amide bonds. The maximum atomic E-state index is 11.3. The SMILES string of the molecule is C=C(C)C(=O)OCC(=O)COC(OC)C(C)C. The van der Waals surface area contributed by atoms with Gasteiger partial charge in [-0.2, -0.15) is 0 Å². The summed E-state index contributed by atoms with van der Waals surface area (Å²) in [5.74, 6) is -0.751. The summed E-state index contributed by atoms with van der Waals surface area (Å²) in [5, 5.41) is 0. The van der Waals surface area contributed by atoms with Crippen molar-refractivity contribution >= 4 is 11.8 Å². The van der Waals surface area contributed by atoms with Crippen LogP contribution >= 0.6 is 0 Å². The summed E-state index contributed by atoms with van der Waals surface area (Å²) in [6, 6.07) is 0. The van der Waals surface area contributed by atoms with Crippen molar-refractivity contribution in [3.63, 3.8) is 0 Å². The second-order valence-corrected chi connectivity index (χ2v) is 4.05. The molecule has 0 aliphatic carbocycles. The van der Waals surface area contributed by atoms with Crippen LogP contribution in [-0.2, 0) is 23.8 Å². The van der Waals surface area contributed by atoms with Crippen molar-refractivity contribution in [2.24, 2.45) is 5.92 Å². The Kier molecular flexibility index (Phi) is 7.41. The fourth-order valence-electron chi connectivity index (χ4n) is 1.02. The molecule has 0 aromatic carbocycles. The van der Waals surface area contributed by atoms with Crippen LogP contribution in [0, 0.1) is 5.92 Å². The van der Waals surface area contributed by atoms with E-state index in [9.17, 15) is 9.59 Å². The first kappa shape index (κ1) is 15.8. The van der Waals surface area contributed by atoms with Gasteiger partial charge in [-0.05, 0) is 6.92 Å². The van der Waals surface area contributed by atoms with Crippen LogP contribution in [0.5, 0.6) is 0 Å². The fraction of sp³-hybridized carbons (Fsp3) is 0.667. The molecule has 0 saturated heterocycles. The monoisotopic (exact) mass is 244 g/mol. The van der Waals surface area contributed by atoms with Crippen molar-refractivity contribution in [3.8, 4) is 0 Å². The second-order valence-electron chi connectivity index (χ2n) is 4.05. The van der Waals surface area contributed by atoms with Gasteiger partial charge in [0.1, 0.15) is 6.61 Å². The topological polar surface area (TPSA) is 61.8 Å². The van der Waals surface area contributed by atoms with Crippen molar-refractivity contribution in [2.45, 2.75) is 27.1 Å². The van der Waals surface area contributed by atoms with Gasteiger partial charge in [0.15, 0.2) is 18.7 Å². The second kappa shape index (κ2) is 7.97. The number of ketones is 1. The Morgan fingerprint density at radius 2 is 1.82 bits per heavy atom.